The summed E-state index contributed by atoms with van der Waals surface area (Å²) in [6.45, 7) is -0.754. The molecule has 0 aliphatic rings. The first-order valence-corrected chi connectivity index (χ1v) is 4.63. The molecule has 0 spiro atoms. The van der Waals surface area contributed by atoms with Gasteiger partial charge in [0.2, 0.25) is 5.82 Å². The van der Waals surface area contributed by atoms with Gasteiger partial charge in [0.25, 0.3) is 0 Å². The second-order valence-electron chi connectivity index (χ2n) is 3.03. The van der Waals surface area contributed by atoms with E-state index in [1.54, 1.807) is 0 Å². The molecule has 98 valence electrons. The fourth-order valence-corrected chi connectivity index (χ4v) is 1.06. The number of hydrogen-bond acceptors (Lipinski definition) is 5. The number of benzene rings is 1. The summed E-state index contributed by atoms with van der Waals surface area (Å²) in [5, 5.41) is 20.6. The summed E-state index contributed by atoms with van der Waals surface area (Å²) < 4.78 is 30.5. The zero-order valence-corrected chi connectivity index (χ0v) is 8.85. The van der Waals surface area contributed by atoms with Crippen molar-refractivity contribution in [1.29, 1.82) is 0 Å². The van der Waals surface area contributed by atoms with E-state index in [2.05, 4.69) is 4.74 Å². The SMILES string of the molecule is O=C(Nc1cc([N+](=O)[O-])c(F)cc1F)OCCO. The van der Waals surface area contributed by atoms with Crippen LogP contribution in [0.1, 0.15) is 0 Å². The van der Waals surface area contributed by atoms with E-state index < -0.39 is 40.6 Å². The highest BCUT2D eigenvalue weighted by Crippen LogP contribution is 2.25. The molecule has 9 heteroatoms. The molecule has 0 radical (unpaired) electrons. The third-order valence-electron chi connectivity index (χ3n) is 1.79. The molecule has 0 saturated carbocycles. The smallest absolute Gasteiger partial charge is 0.411 e. The van der Waals surface area contributed by atoms with Crippen LogP contribution in [0.2, 0.25) is 0 Å². The maximum atomic E-state index is 13.2. The lowest BCUT2D eigenvalue weighted by molar-refractivity contribution is -0.387. The molecule has 0 bridgehead atoms. The summed E-state index contributed by atoms with van der Waals surface area (Å²) in [6, 6.07) is 0.810. The Morgan fingerprint density at radius 1 is 1.44 bits per heavy atom. The molecule has 0 aromatic heterocycles. The molecule has 0 aliphatic carbocycles. The van der Waals surface area contributed by atoms with Gasteiger partial charge in [0.05, 0.1) is 17.2 Å². The minimum atomic E-state index is -1.35. The number of carbonyl (C=O) groups is 1. The molecule has 0 atom stereocenters. The fraction of sp³-hybridized carbons (Fsp3) is 0.222. The van der Waals surface area contributed by atoms with Crippen molar-refractivity contribution in [2.45, 2.75) is 0 Å². The van der Waals surface area contributed by atoms with Crippen LogP contribution in [0, 0.1) is 21.7 Å². The molecule has 1 rings (SSSR count). The minimum Gasteiger partial charge on any atom is -0.447 e. The van der Waals surface area contributed by atoms with Gasteiger partial charge in [-0.05, 0) is 0 Å². The first-order valence-electron chi connectivity index (χ1n) is 4.63. The van der Waals surface area contributed by atoms with Gasteiger partial charge in [-0.1, -0.05) is 0 Å². The molecule has 2 N–H and O–H groups in total. The summed E-state index contributed by atoms with van der Waals surface area (Å²) in [5.41, 5.74) is -1.57. The third kappa shape index (κ3) is 3.35. The van der Waals surface area contributed by atoms with Gasteiger partial charge in [-0.15, -0.1) is 0 Å². The first-order chi connectivity index (χ1) is 8.45. The van der Waals surface area contributed by atoms with Gasteiger partial charge < -0.3 is 9.84 Å². The third-order valence-corrected chi connectivity index (χ3v) is 1.79. The Morgan fingerprint density at radius 2 is 2.11 bits per heavy atom. The molecule has 0 heterocycles. The van der Waals surface area contributed by atoms with E-state index in [9.17, 15) is 23.7 Å². The van der Waals surface area contributed by atoms with E-state index in [1.807, 2.05) is 5.32 Å². The van der Waals surface area contributed by atoms with Crippen LogP contribution in [-0.2, 0) is 4.74 Å². The fourth-order valence-electron chi connectivity index (χ4n) is 1.06. The summed E-state index contributed by atoms with van der Waals surface area (Å²) in [6.07, 6.45) is -1.12. The quantitative estimate of drug-likeness (QED) is 0.631. The second-order valence-corrected chi connectivity index (χ2v) is 3.03. The first kappa shape index (κ1) is 13.8. The van der Waals surface area contributed by atoms with Gasteiger partial charge in [-0.3, -0.25) is 15.4 Å². The zero-order valence-electron chi connectivity index (χ0n) is 8.85. The Morgan fingerprint density at radius 3 is 2.67 bits per heavy atom. The lowest BCUT2D eigenvalue weighted by atomic mass is 10.2. The number of anilines is 1. The molecule has 0 aliphatic heterocycles. The maximum Gasteiger partial charge on any atom is 0.411 e. The Balaban J connectivity index is 2.92. The zero-order chi connectivity index (χ0) is 13.7. The van der Waals surface area contributed by atoms with Crippen molar-refractivity contribution >= 4 is 17.5 Å². The number of hydrogen-bond donors (Lipinski definition) is 2. The Kier molecular flexibility index (Phi) is 4.49. The van der Waals surface area contributed by atoms with E-state index >= 15 is 0 Å². The molecule has 0 unspecified atom stereocenters. The molecule has 18 heavy (non-hydrogen) atoms. The topological polar surface area (TPSA) is 102 Å². The average molecular weight is 262 g/mol. The predicted octanol–water partition coefficient (Wildman–Crippen LogP) is 1.41. The summed E-state index contributed by atoms with van der Waals surface area (Å²) in [4.78, 5) is 20.4. The van der Waals surface area contributed by atoms with Crippen molar-refractivity contribution in [3.05, 3.63) is 33.9 Å². The minimum absolute atomic E-state index is 0.278. The molecule has 1 aromatic carbocycles. The number of aliphatic hydroxyl groups excluding tert-OH is 1. The van der Waals surface area contributed by atoms with E-state index in [1.165, 1.54) is 0 Å². The van der Waals surface area contributed by atoms with Crippen LogP contribution in [0.25, 0.3) is 0 Å². The average Bonchev–Trinajstić information content (AvgIpc) is 2.29. The summed E-state index contributed by atoms with van der Waals surface area (Å²) in [7, 11) is 0. The molecule has 7 nitrogen and oxygen atoms in total. The van der Waals surface area contributed by atoms with Crippen molar-refractivity contribution in [3.63, 3.8) is 0 Å². The lowest BCUT2D eigenvalue weighted by Gasteiger charge is -2.06. The number of nitro benzene ring substituents is 1. The Labute approximate surface area is 99.1 Å². The molecular formula is C9H8F2N2O5. The van der Waals surface area contributed by atoms with Crippen molar-refractivity contribution in [3.8, 4) is 0 Å². The molecule has 0 fully saturated rings. The van der Waals surface area contributed by atoms with Crippen LogP contribution in [0.15, 0.2) is 12.1 Å². The number of ether oxygens (including phenoxy) is 1. The molecule has 1 amide bonds. The summed E-state index contributed by atoms with van der Waals surface area (Å²) >= 11 is 0. The number of nitrogens with zero attached hydrogens (tertiary/aromatic N) is 1. The van der Waals surface area contributed by atoms with Crippen molar-refractivity contribution in [2.24, 2.45) is 0 Å². The maximum absolute atomic E-state index is 13.2. The standard InChI is InChI=1S/C9H8F2N2O5/c10-5-3-6(11)8(13(16)17)4-7(5)12-9(15)18-2-1-14/h3-4,14H,1-2H2,(H,12,15). The Bertz CT molecular complexity index is 480. The van der Waals surface area contributed by atoms with E-state index in [0.717, 1.165) is 0 Å². The highest BCUT2D eigenvalue weighted by molar-refractivity contribution is 5.85. The van der Waals surface area contributed by atoms with Gasteiger partial charge in [-0.2, -0.15) is 4.39 Å². The van der Waals surface area contributed by atoms with Gasteiger partial charge in [-0.25, -0.2) is 9.18 Å². The van der Waals surface area contributed by atoms with Gasteiger partial charge in [0.1, 0.15) is 12.4 Å². The van der Waals surface area contributed by atoms with E-state index in [4.69, 9.17) is 5.11 Å². The number of amides is 1. The van der Waals surface area contributed by atoms with Crippen LogP contribution < -0.4 is 5.32 Å². The predicted molar refractivity (Wildman–Crippen MR) is 55.1 cm³/mol. The van der Waals surface area contributed by atoms with Crippen molar-refractivity contribution in [1.82, 2.24) is 0 Å². The number of halogens is 2. The molecular weight excluding hydrogens is 254 g/mol. The highest BCUT2D eigenvalue weighted by atomic mass is 19.1. The van der Waals surface area contributed by atoms with Crippen LogP contribution in [0.3, 0.4) is 0 Å². The number of aliphatic hydroxyl groups is 1. The lowest BCUT2D eigenvalue weighted by Crippen LogP contribution is -2.16. The normalized spacial score (nSPS) is 9.94. The van der Waals surface area contributed by atoms with Crippen LogP contribution in [-0.4, -0.2) is 29.3 Å². The van der Waals surface area contributed by atoms with Crippen LogP contribution in [0.4, 0.5) is 25.0 Å². The van der Waals surface area contributed by atoms with Gasteiger partial charge >= 0.3 is 11.8 Å². The molecule has 1 aromatic rings. The Hall–Kier alpha value is -2.29. The number of nitrogens with one attached hydrogen (secondary N) is 1. The molecule has 0 saturated heterocycles. The van der Waals surface area contributed by atoms with E-state index in [-0.39, 0.29) is 12.7 Å². The monoisotopic (exact) mass is 262 g/mol. The van der Waals surface area contributed by atoms with Crippen molar-refractivity contribution < 1.29 is 28.3 Å². The number of nitro groups is 1. The van der Waals surface area contributed by atoms with Crippen molar-refractivity contribution in [2.75, 3.05) is 18.5 Å². The van der Waals surface area contributed by atoms with Gasteiger partial charge in [0.15, 0.2) is 0 Å². The second kappa shape index (κ2) is 5.87. The number of rotatable bonds is 4. The highest BCUT2D eigenvalue weighted by Gasteiger charge is 2.19. The number of carbonyl (C=O) groups excluding carboxylic acids is 1. The van der Waals surface area contributed by atoms with Crippen LogP contribution in [0.5, 0.6) is 0 Å². The van der Waals surface area contributed by atoms with E-state index in [0.29, 0.717) is 6.07 Å². The summed E-state index contributed by atoms with van der Waals surface area (Å²) in [5.74, 6) is -2.54. The van der Waals surface area contributed by atoms with Crippen LogP contribution >= 0.6 is 0 Å². The van der Waals surface area contributed by atoms with Gasteiger partial charge in [0, 0.05) is 12.1 Å². The largest absolute Gasteiger partial charge is 0.447 e.